The number of fused-ring (bicyclic) bond motifs is 1. The lowest BCUT2D eigenvalue weighted by molar-refractivity contribution is 0.122. The minimum absolute atomic E-state index is 0.0892. The van der Waals surface area contributed by atoms with Gasteiger partial charge in [-0.2, -0.15) is 0 Å². The number of para-hydroxylation sites is 1. The molecule has 0 spiro atoms. The van der Waals surface area contributed by atoms with Crippen LogP contribution in [-0.2, 0) is 4.74 Å². The summed E-state index contributed by atoms with van der Waals surface area (Å²) in [6.45, 7) is 5.52. The van der Waals surface area contributed by atoms with Gasteiger partial charge in [0.2, 0.25) is 0 Å². The second-order valence-corrected chi connectivity index (χ2v) is 6.30. The minimum atomic E-state index is 0.0892. The van der Waals surface area contributed by atoms with E-state index in [0.29, 0.717) is 0 Å². The Morgan fingerprint density at radius 1 is 1.04 bits per heavy atom. The van der Waals surface area contributed by atoms with Crippen LogP contribution in [0.5, 0.6) is 0 Å². The van der Waals surface area contributed by atoms with E-state index in [2.05, 4.69) is 46.4 Å². The Kier molecular flexibility index (Phi) is 4.48. The molecule has 3 heterocycles. The third-order valence-electron chi connectivity index (χ3n) is 4.55. The van der Waals surface area contributed by atoms with Crippen LogP contribution in [-0.4, -0.2) is 36.3 Å². The standard InChI is InChI=1S/C20H22N4O/c1-15(18-8-6-16-4-2-3-5-19(16)23-18)22-20-9-7-17(14-21-20)24-10-12-25-13-11-24/h2-9,14-15H,10-13H2,1H3,(H,21,22). The molecule has 1 N–H and O–H groups in total. The van der Waals surface area contributed by atoms with Crippen molar-refractivity contribution in [1.29, 1.82) is 0 Å². The van der Waals surface area contributed by atoms with Crippen molar-refractivity contribution in [2.45, 2.75) is 13.0 Å². The Bertz CT molecular complexity index is 844. The van der Waals surface area contributed by atoms with Crippen molar-refractivity contribution in [2.24, 2.45) is 0 Å². The van der Waals surface area contributed by atoms with Crippen LogP contribution in [0.4, 0.5) is 11.5 Å². The molecule has 25 heavy (non-hydrogen) atoms. The van der Waals surface area contributed by atoms with Gasteiger partial charge in [-0.15, -0.1) is 0 Å². The quantitative estimate of drug-likeness (QED) is 0.789. The number of anilines is 2. The van der Waals surface area contributed by atoms with Crippen LogP contribution >= 0.6 is 0 Å². The lowest BCUT2D eigenvalue weighted by atomic mass is 10.1. The zero-order valence-electron chi connectivity index (χ0n) is 14.4. The lowest BCUT2D eigenvalue weighted by Crippen LogP contribution is -2.36. The van der Waals surface area contributed by atoms with Crippen LogP contribution < -0.4 is 10.2 Å². The van der Waals surface area contributed by atoms with Crippen molar-refractivity contribution in [1.82, 2.24) is 9.97 Å². The van der Waals surface area contributed by atoms with Crippen molar-refractivity contribution >= 4 is 22.4 Å². The van der Waals surface area contributed by atoms with E-state index >= 15 is 0 Å². The van der Waals surface area contributed by atoms with Crippen LogP contribution in [0.25, 0.3) is 10.9 Å². The predicted molar refractivity (Wildman–Crippen MR) is 101 cm³/mol. The van der Waals surface area contributed by atoms with Crippen molar-refractivity contribution in [2.75, 3.05) is 36.5 Å². The minimum Gasteiger partial charge on any atom is -0.378 e. The molecule has 1 fully saturated rings. The maximum atomic E-state index is 5.40. The molecule has 128 valence electrons. The molecule has 1 atom stereocenters. The average Bonchev–Trinajstić information content (AvgIpc) is 2.69. The van der Waals surface area contributed by atoms with Crippen molar-refractivity contribution in [3.8, 4) is 0 Å². The molecule has 1 aromatic carbocycles. The molecule has 4 rings (SSSR count). The summed E-state index contributed by atoms with van der Waals surface area (Å²) < 4.78 is 5.40. The third-order valence-corrected chi connectivity index (χ3v) is 4.55. The van der Waals surface area contributed by atoms with Gasteiger partial charge < -0.3 is 15.0 Å². The summed E-state index contributed by atoms with van der Waals surface area (Å²) in [6.07, 6.45) is 1.92. The molecule has 5 nitrogen and oxygen atoms in total. The summed E-state index contributed by atoms with van der Waals surface area (Å²) in [5, 5.41) is 4.59. The van der Waals surface area contributed by atoms with Gasteiger partial charge >= 0.3 is 0 Å². The fraction of sp³-hybridized carbons (Fsp3) is 0.300. The smallest absolute Gasteiger partial charge is 0.126 e. The summed E-state index contributed by atoms with van der Waals surface area (Å²) in [5.41, 5.74) is 3.17. The van der Waals surface area contributed by atoms with Crippen LogP contribution in [0.2, 0.25) is 0 Å². The second-order valence-electron chi connectivity index (χ2n) is 6.30. The van der Waals surface area contributed by atoms with Gasteiger partial charge in [-0.1, -0.05) is 24.3 Å². The van der Waals surface area contributed by atoms with Crippen molar-refractivity contribution in [3.63, 3.8) is 0 Å². The molecular formula is C20H22N4O. The lowest BCUT2D eigenvalue weighted by Gasteiger charge is -2.28. The Morgan fingerprint density at radius 2 is 1.88 bits per heavy atom. The molecule has 0 aliphatic carbocycles. The molecule has 1 saturated heterocycles. The molecule has 0 bridgehead atoms. The molecule has 1 aliphatic rings. The SMILES string of the molecule is CC(Nc1ccc(N2CCOCC2)cn1)c1ccc2ccccc2n1. The average molecular weight is 334 g/mol. The van der Waals surface area contributed by atoms with Crippen LogP contribution in [0.3, 0.4) is 0 Å². The number of rotatable bonds is 4. The molecule has 3 aromatic rings. The van der Waals surface area contributed by atoms with Crippen LogP contribution in [0.15, 0.2) is 54.7 Å². The number of hydrogen-bond donors (Lipinski definition) is 1. The van der Waals surface area contributed by atoms with Crippen LogP contribution in [0, 0.1) is 0 Å². The third kappa shape index (κ3) is 3.56. The molecule has 0 amide bonds. The van der Waals surface area contributed by atoms with Crippen molar-refractivity contribution < 1.29 is 4.74 Å². The number of benzene rings is 1. The van der Waals surface area contributed by atoms with Gasteiger partial charge in [0.1, 0.15) is 5.82 Å². The Hall–Kier alpha value is -2.66. The molecule has 0 radical (unpaired) electrons. The summed E-state index contributed by atoms with van der Waals surface area (Å²) in [6, 6.07) is 16.6. The van der Waals surface area contributed by atoms with E-state index in [0.717, 1.165) is 54.4 Å². The largest absolute Gasteiger partial charge is 0.378 e. The van der Waals surface area contributed by atoms with Crippen LogP contribution in [0.1, 0.15) is 18.7 Å². The monoisotopic (exact) mass is 334 g/mol. The number of nitrogens with one attached hydrogen (secondary N) is 1. The first kappa shape index (κ1) is 15.8. The highest BCUT2D eigenvalue weighted by molar-refractivity contribution is 5.78. The number of aromatic nitrogens is 2. The van der Waals surface area contributed by atoms with E-state index in [9.17, 15) is 0 Å². The first-order valence-corrected chi connectivity index (χ1v) is 8.70. The highest BCUT2D eigenvalue weighted by Gasteiger charge is 2.12. The maximum absolute atomic E-state index is 5.40. The second kappa shape index (κ2) is 7.07. The molecule has 2 aromatic heterocycles. The van der Waals surface area contributed by atoms with Gasteiger partial charge in [-0.25, -0.2) is 4.98 Å². The number of pyridine rings is 2. The Balaban J connectivity index is 1.46. The van der Waals surface area contributed by atoms with Gasteiger partial charge in [-0.05, 0) is 31.2 Å². The highest BCUT2D eigenvalue weighted by Crippen LogP contribution is 2.21. The van der Waals surface area contributed by atoms with Gasteiger partial charge in [0.25, 0.3) is 0 Å². The zero-order valence-corrected chi connectivity index (χ0v) is 14.4. The van der Waals surface area contributed by atoms with E-state index in [4.69, 9.17) is 9.72 Å². The Morgan fingerprint density at radius 3 is 2.68 bits per heavy atom. The Labute approximate surface area is 147 Å². The topological polar surface area (TPSA) is 50.3 Å². The predicted octanol–water partition coefficient (Wildman–Crippen LogP) is 3.64. The van der Waals surface area contributed by atoms with E-state index in [-0.39, 0.29) is 6.04 Å². The van der Waals surface area contributed by atoms with Gasteiger partial charge in [0.05, 0.1) is 42.4 Å². The summed E-state index contributed by atoms with van der Waals surface area (Å²) in [4.78, 5) is 11.6. The number of ether oxygens (including phenoxy) is 1. The number of nitrogens with zero attached hydrogens (tertiary/aromatic N) is 3. The fourth-order valence-corrected chi connectivity index (χ4v) is 3.10. The maximum Gasteiger partial charge on any atom is 0.126 e. The van der Waals surface area contributed by atoms with Gasteiger partial charge in [-0.3, -0.25) is 4.98 Å². The van der Waals surface area contributed by atoms with E-state index in [1.54, 1.807) is 0 Å². The van der Waals surface area contributed by atoms with Gasteiger partial charge in [0.15, 0.2) is 0 Å². The van der Waals surface area contributed by atoms with Gasteiger partial charge in [0, 0.05) is 18.5 Å². The first-order chi connectivity index (χ1) is 12.3. The zero-order chi connectivity index (χ0) is 17.1. The molecular weight excluding hydrogens is 312 g/mol. The molecule has 1 unspecified atom stereocenters. The molecule has 1 aliphatic heterocycles. The summed E-state index contributed by atoms with van der Waals surface area (Å²) >= 11 is 0. The van der Waals surface area contributed by atoms with Crippen molar-refractivity contribution in [3.05, 3.63) is 60.4 Å². The number of hydrogen-bond acceptors (Lipinski definition) is 5. The first-order valence-electron chi connectivity index (χ1n) is 8.70. The van der Waals surface area contributed by atoms with E-state index in [1.807, 2.05) is 30.5 Å². The van der Waals surface area contributed by atoms with E-state index in [1.165, 1.54) is 0 Å². The highest BCUT2D eigenvalue weighted by atomic mass is 16.5. The summed E-state index contributed by atoms with van der Waals surface area (Å²) in [7, 11) is 0. The normalized spacial score (nSPS) is 16.0. The molecule has 5 heteroatoms. The van der Waals surface area contributed by atoms with E-state index < -0.39 is 0 Å². The molecule has 0 saturated carbocycles. The fourth-order valence-electron chi connectivity index (χ4n) is 3.10. The number of morpholine rings is 1. The summed E-state index contributed by atoms with van der Waals surface area (Å²) in [5.74, 6) is 0.861.